The highest BCUT2D eigenvalue weighted by Gasteiger charge is 2.40. The molecule has 0 spiro atoms. The maximum Gasteiger partial charge on any atom is 0.282 e. The number of amides is 2. The first kappa shape index (κ1) is 21.1. The van der Waals surface area contributed by atoms with Crippen LogP contribution in [-0.4, -0.2) is 11.8 Å². The van der Waals surface area contributed by atoms with Gasteiger partial charge >= 0.3 is 0 Å². The van der Waals surface area contributed by atoms with Crippen LogP contribution in [0.2, 0.25) is 0 Å². The Bertz CT molecular complexity index is 1160. The van der Waals surface area contributed by atoms with Crippen molar-refractivity contribution >= 4 is 40.1 Å². The van der Waals surface area contributed by atoms with E-state index in [4.69, 9.17) is 0 Å². The van der Waals surface area contributed by atoms with Gasteiger partial charge in [0.2, 0.25) is 0 Å². The van der Waals surface area contributed by atoms with Gasteiger partial charge < -0.3 is 5.32 Å². The van der Waals surface area contributed by atoms with Crippen LogP contribution in [0.5, 0.6) is 0 Å². The molecule has 4 rings (SSSR count). The predicted molar refractivity (Wildman–Crippen MR) is 128 cm³/mol. The molecule has 0 saturated heterocycles. The first-order chi connectivity index (χ1) is 14.6. The molecule has 2 aromatic carbocycles. The first-order valence-electron chi connectivity index (χ1n) is 10.3. The minimum absolute atomic E-state index is 0.00627. The Labute approximate surface area is 187 Å². The van der Waals surface area contributed by atoms with Gasteiger partial charge in [0.15, 0.2) is 0 Å². The maximum atomic E-state index is 13.5. The molecule has 3 aromatic rings. The van der Waals surface area contributed by atoms with Crippen LogP contribution in [0.4, 0.5) is 11.4 Å². The van der Waals surface area contributed by atoms with Crippen LogP contribution < -0.4 is 10.2 Å². The van der Waals surface area contributed by atoms with Gasteiger partial charge in [-0.15, -0.1) is 11.3 Å². The van der Waals surface area contributed by atoms with Crippen LogP contribution in [0.3, 0.4) is 0 Å². The van der Waals surface area contributed by atoms with Gasteiger partial charge in [-0.2, -0.15) is 0 Å². The number of hydrogen-bond acceptors (Lipinski definition) is 4. The quantitative estimate of drug-likeness (QED) is 0.512. The largest absolute Gasteiger partial charge is 0.350 e. The number of aryl methyl sites for hydroxylation is 2. The number of hydrogen-bond donors (Lipinski definition) is 1. The molecule has 0 aliphatic carbocycles. The Morgan fingerprint density at radius 1 is 0.871 bits per heavy atom. The summed E-state index contributed by atoms with van der Waals surface area (Å²) in [5.41, 5.74) is 5.43. The van der Waals surface area contributed by atoms with Crippen molar-refractivity contribution < 1.29 is 9.59 Å². The lowest BCUT2D eigenvalue weighted by Crippen LogP contribution is -2.32. The van der Waals surface area contributed by atoms with E-state index in [1.807, 2.05) is 67.8 Å². The van der Waals surface area contributed by atoms with Crippen LogP contribution in [0, 0.1) is 13.8 Å². The molecule has 0 atom stereocenters. The highest BCUT2D eigenvalue weighted by Crippen LogP contribution is 2.36. The lowest BCUT2D eigenvalue weighted by atomic mass is 9.87. The number of rotatable bonds is 4. The number of nitrogens with one attached hydrogen (secondary N) is 1. The molecular formula is C26H26N2O2S. The molecule has 5 heteroatoms. The SMILES string of the molecule is Cc1cc(C)cc(NC2=C(c3cccs3)C(=O)N(c3ccc(C(C)(C)C)cc3)C2=O)c1. The topological polar surface area (TPSA) is 49.4 Å². The molecule has 1 aromatic heterocycles. The number of carbonyl (C=O) groups excluding carboxylic acids is 2. The van der Waals surface area contributed by atoms with Crippen molar-refractivity contribution in [2.24, 2.45) is 0 Å². The fourth-order valence-electron chi connectivity index (χ4n) is 3.83. The van der Waals surface area contributed by atoms with Crippen molar-refractivity contribution in [3.8, 4) is 0 Å². The number of carbonyl (C=O) groups is 2. The van der Waals surface area contributed by atoms with Crippen LogP contribution >= 0.6 is 11.3 Å². The Kier molecular flexibility index (Phi) is 5.31. The molecule has 158 valence electrons. The summed E-state index contributed by atoms with van der Waals surface area (Å²) in [5.74, 6) is -0.640. The second-order valence-electron chi connectivity index (χ2n) is 8.97. The van der Waals surface area contributed by atoms with Gasteiger partial charge in [0.1, 0.15) is 5.70 Å². The zero-order chi connectivity index (χ0) is 22.3. The van der Waals surface area contributed by atoms with E-state index >= 15 is 0 Å². The molecule has 0 fully saturated rings. The highest BCUT2D eigenvalue weighted by atomic mass is 32.1. The Morgan fingerprint density at radius 2 is 1.52 bits per heavy atom. The summed E-state index contributed by atoms with van der Waals surface area (Å²) in [6.07, 6.45) is 0. The number of thiophene rings is 1. The van der Waals surface area contributed by atoms with E-state index in [0.29, 0.717) is 17.0 Å². The van der Waals surface area contributed by atoms with Crippen molar-refractivity contribution in [3.63, 3.8) is 0 Å². The molecule has 0 bridgehead atoms. The van der Waals surface area contributed by atoms with Gasteiger partial charge in [-0.3, -0.25) is 9.59 Å². The smallest absolute Gasteiger partial charge is 0.282 e. The van der Waals surface area contributed by atoms with E-state index in [1.165, 1.54) is 16.2 Å². The van der Waals surface area contributed by atoms with Gasteiger partial charge in [0, 0.05) is 10.6 Å². The van der Waals surface area contributed by atoms with Crippen molar-refractivity contribution in [3.05, 3.63) is 87.2 Å². The minimum Gasteiger partial charge on any atom is -0.350 e. The fourth-order valence-corrected chi connectivity index (χ4v) is 4.60. The third-order valence-electron chi connectivity index (χ3n) is 5.33. The lowest BCUT2D eigenvalue weighted by Gasteiger charge is -2.21. The molecule has 0 saturated carbocycles. The molecule has 0 unspecified atom stereocenters. The highest BCUT2D eigenvalue weighted by molar-refractivity contribution is 7.11. The van der Waals surface area contributed by atoms with E-state index in [-0.39, 0.29) is 17.2 Å². The van der Waals surface area contributed by atoms with E-state index in [2.05, 4.69) is 32.2 Å². The van der Waals surface area contributed by atoms with Crippen LogP contribution in [0.25, 0.3) is 5.57 Å². The van der Waals surface area contributed by atoms with E-state index in [9.17, 15) is 9.59 Å². The average Bonchev–Trinajstić information content (AvgIpc) is 3.28. The molecule has 2 heterocycles. The van der Waals surface area contributed by atoms with Crippen molar-refractivity contribution in [2.45, 2.75) is 40.0 Å². The number of imide groups is 1. The number of benzene rings is 2. The predicted octanol–water partition coefficient (Wildman–Crippen LogP) is 6.06. The summed E-state index contributed by atoms with van der Waals surface area (Å²) in [4.78, 5) is 29.0. The van der Waals surface area contributed by atoms with E-state index < -0.39 is 0 Å². The summed E-state index contributed by atoms with van der Waals surface area (Å²) < 4.78 is 0. The molecular weight excluding hydrogens is 404 g/mol. The van der Waals surface area contributed by atoms with Gasteiger partial charge in [-0.1, -0.05) is 45.0 Å². The summed E-state index contributed by atoms with van der Waals surface area (Å²) in [7, 11) is 0. The average molecular weight is 431 g/mol. The normalized spacial score (nSPS) is 14.5. The van der Waals surface area contributed by atoms with Crippen LogP contribution in [0.1, 0.15) is 42.3 Å². The molecule has 4 nitrogen and oxygen atoms in total. The summed E-state index contributed by atoms with van der Waals surface area (Å²) >= 11 is 1.45. The van der Waals surface area contributed by atoms with Crippen LogP contribution in [-0.2, 0) is 15.0 Å². The standard InChI is InChI=1S/C26H26N2O2S/c1-16-13-17(2)15-19(14-16)27-23-22(21-7-6-12-31-21)24(29)28(25(23)30)20-10-8-18(9-11-20)26(3,4)5/h6-15,27H,1-5H3. The monoisotopic (exact) mass is 430 g/mol. The van der Waals surface area contributed by atoms with Crippen LogP contribution in [0.15, 0.2) is 65.7 Å². The molecule has 2 amide bonds. The van der Waals surface area contributed by atoms with Crippen molar-refractivity contribution in [1.29, 1.82) is 0 Å². The third kappa shape index (κ3) is 4.06. The zero-order valence-electron chi connectivity index (χ0n) is 18.4. The maximum absolute atomic E-state index is 13.5. The zero-order valence-corrected chi connectivity index (χ0v) is 19.3. The summed E-state index contributed by atoms with van der Waals surface area (Å²) in [5, 5.41) is 5.16. The second-order valence-corrected chi connectivity index (χ2v) is 9.92. The number of nitrogens with zero attached hydrogens (tertiary/aromatic N) is 1. The Morgan fingerprint density at radius 3 is 2.06 bits per heavy atom. The molecule has 0 radical (unpaired) electrons. The van der Waals surface area contributed by atoms with Gasteiger partial charge in [-0.05, 0) is 71.7 Å². The summed E-state index contributed by atoms with van der Waals surface area (Å²) in [6, 6.07) is 17.5. The second kappa shape index (κ2) is 7.82. The van der Waals surface area contributed by atoms with E-state index in [1.54, 1.807) is 0 Å². The molecule has 1 aliphatic heterocycles. The Hall–Kier alpha value is -3.18. The van der Waals surface area contributed by atoms with E-state index in [0.717, 1.165) is 27.3 Å². The first-order valence-corrected chi connectivity index (χ1v) is 11.2. The Balaban J connectivity index is 1.76. The van der Waals surface area contributed by atoms with Gasteiger partial charge in [-0.25, -0.2) is 4.90 Å². The van der Waals surface area contributed by atoms with Gasteiger partial charge in [0.25, 0.3) is 11.8 Å². The third-order valence-corrected chi connectivity index (χ3v) is 6.22. The van der Waals surface area contributed by atoms with Crippen molar-refractivity contribution in [1.82, 2.24) is 0 Å². The minimum atomic E-state index is -0.337. The van der Waals surface area contributed by atoms with Gasteiger partial charge in [0.05, 0.1) is 11.3 Å². The lowest BCUT2D eigenvalue weighted by molar-refractivity contribution is -0.120. The fraction of sp³-hybridized carbons (Fsp3) is 0.231. The molecule has 31 heavy (non-hydrogen) atoms. The van der Waals surface area contributed by atoms with Crippen molar-refractivity contribution in [2.75, 3.05) is 10.2 Å². The number of anilines is 2. The molecule has 1 aliphatic rings. The molecule has 1 N–H and O–H groups in total. The summed E-state index contributed by atoms with van der Waals surface area (Å²) in [6.45, 7) is 10.4.